The van der Waals surface area contributed by atoms with E-state index in [2.05, 4.69) is 41.4 Å². The number of benzene rings is 1. The number of nitrogens with one attached hydrogen (secondary N) is 2. The molecule has 0 spiro atoms. The Bertz CT molecular complexity index is 508. The largest absolute Gasteiger partial charge is 0.493 e. The van der Waals surface area contributed by atoms with E-state index in [-0.39, 0.29) is 0 Å². The number of guanidine groups is 1. The summed E-state index contributed by atoms with van der Waals surface area (Å²) in [5.41, 5.74) is 0.952. The zero-order valence-corrected chi connectivity index (χ0v) is 16.3. The molecule has 0 radical (unpaired) electrons. The fourth-order valence-corrected chi connectivity index (χ4v) is 2.26. The van der Waals surface area contributed by atoms with Gasteiger partial charge >= 0.3 is 0 Å². The molecule has 0 saturated carbocycles. The summed E-state index contributed by atoms with van der Waals surface area (Å²) in [4.78, 5) is 6.62. The Morgan fingerprint density at radius 1 is 1.32 bits per heavy atom. The zero-order valence-electron chi connectivity index (χ0n) is 16.3. The molecule has 0 aliphatic rings. The van der Waals surface area contributed by atoms with E-state index < -0.39 is 0 Å². The Morgan fingerprint density at radius 2 is 2.12 bits per heavy atom. The summed E-state index contributed by atoms with van der Waals surface area (Å²) >= 11 is 0. The van der Waals surface area contributed by atoms with Crippen LogP contribution >= 0.6 is 0 Å². The molecular formula is C19H34N4O2. The summed E-state index contributed by atoms with van der Waals surface area (Å²) in [6, 6.07) is 8.49. The summed E-state index contributed by atoms with van der Waals surface area (Å²) in [6.45, 7) is 7.61. The Kier molecular flexibility index (Phi) is 10.7. The molecular weight excluding hydrogens is 316 g/mol. The molecule has 0 aromatic heterocycles. The van der Waals surface area contributed by atoms with Crippen LogP contribution in [0.4, 0.5) is 5.69 Å². The van der Waals surface area contributed by atoms with Crippen LogP contribution in [0.1, 0.15) is 26.7 Å². The van der Waals surface area contributed by atoms with Crippen molar-refractivity contribution in [2.45, 2.75) is 32.7 Å². The van der Waals surface area contributed by atoms with Gasteiger partial charge in [-0.2, -0.15) is 0 Å². The van der Waals surface area contributed by atoms with Crippen LogP contribution in [-0.4, -0.2) is 64.4 Å². The van der Waals surface area contributed by atoms with Gasteiger partial charge in [0.25, 0.3) is 0 Å². The lowest BCUT2D eigenvalue weighted by Gasteiger charge is -2.24. The van der Waals surface area contributed by atoms with Crippen LogP contribution in [0.2, 0.25) is 0 Å². The van der Waals surface area contributed by atoms with Gasteiger partial charge in [0.2, 0.25) is 0 Å². The second-order valence-electron chi connectivity index (χ2n) is 6.08. The molecule has 0 aliphatic heterocycles. The van der Waals surface area contributed by atoms with Crippen molar-refractivity contribution in [3.63, 3.8) is 0 Å². The van der Waals surface area contributed by atoms with Crippen LogP contribution in [-0.2, 0) is 4.74 Å². The van der Waals surface area contributed by atoms with Gasteiger partial charge in [-0.15, -0.1) is 0 Å². The van der Waals surface area contributed by atoms with Gasteiger partial charge in [0.1, 0.15) is 5.75 Å². The number of methoxy groups -OCH3 is 1. The van der Waals surface area contributed by atoms with E-state index in [1.807, 2.05) is 24.3 Å². The molecule has 25 heavy (non-hydrogen) atoms. The first-order valence-corrected chi connectivity index (χ1v) is 9.00. The lowest BCUT2D eigenvalue weighted by molar-refractivity contribution is 0.172. The minimum atomic E-state index is 0.587. The van der Waals surface area contributed by atoms with E-state index in [0.29, 0.717) is 19.3 Å². The molecule has 1 unspecified atom stereocenters. The van der Waals surface area contributed by atoms with Gasteiger partial charge < -0.3 is 25.0 Å². The van der Waals surface area contributed by atoms with Gasteiger partial charge in [0.15, 0.2) is 5.96 Å². The number of hydrogen-bond donors (Lipinski definition) is 2. The SMILES string of the molecule is CCC(C)N(C)CCNC(=NC)Nc1cccc(OCCCOC)c1. The third-order valence-corrected chi connectivity index (χ3v) is 4.18. The standard InChI is InChI=1S/C19H34N4O2/c1-6-16(2)23(4)12-11-21-19(20-3)22-17-9-7-10-18(15-17)25-14-8-13-24-5/h7,9-10,15-16H,6,8,11-14H2,1-5H3,(H2,20,21,22). The topological polar surface area (TPSA) is 58.1 Å². The number of aliphatic imine (C=N–C) groups is 1. The number of ether oxygens (including phenoxy) is 2. The van der Waals surface area contributed by atoms with Crippen molar-refractivity contribution in [2.24, 2.45) is 4.99 Å². The Balaban J connectivity index is 2.44. The van der Waals surface area contributed by atoms with Crippen LogP contribution in [0.25, 0.3) is 0 Å². The minimum Gasteiger partial charge on any atom is -0.493 e. The van der Waals surface area contributed by atoms with Gasteiger partial charge in [-0.25, -0.2) is 0 Å². The molecule has 0 heterocycles. The van der Waals surface area contributed by atoms with Crippen LogP contribution in [0.15, 0.2) is 29.3 Å². The van der Waals surface area contributed by atoms with E-state index in [0.717, 1.165) is 43.3 Å². The molecule has 6 nitrogen and oxygen atoms in total. The first kappa shape index (κ1) is 21.3. The van der Waals surface area contributed by atoms with Gasteiger partial charge in [-0.1, -0.05) is 13.0 Å². The monoisotopic (exact) mass is 350 g/mol. The predicted molar refractivity (Wildman–Crippen MR) is 106 cm³/mol. The van der Waals surface area contributed by atoms with Gasteiger partial charge in [0, 0.05) is 58.1 Å². The molecule has 142 valence electrons. The molecule has 6 heteroatoms. The lowest BCUT2D eigenvalue weighted by Crippen LogP contribution is -2.39. The number of hydrogen-bond acceptors (Lipinski definition) is 4. The number of anilines is 1. The van der Waals surface area contributed by atoms with E-state index >= 15 is 0 Å². The summed E-state index contributed by atoms with van der Waals surface area (Å²) in [7, 11) is 5.62. The molecule has 1 atom stereocenters. The Morgan fingerprint density at radius 3 is 2.80 bits per heavy atom. The first-order valence-electron chi connectivity index (χ1n) is 9.00. The van der Waals surface area contributed by atoms with Crippen molar-refractivity contribution in [1.82, 2.24) is 10.2 Å². The van der Waals surface area contributed by atoms with Crippen molar-refractivity contribution >= 4 is 11.6 Å². The molecule has 0 aliphatic carbocycles. The van der Waals surface area contributed by atoms with Crippen molar-refractivity contribution in [2.75, 3.05) is 52.8 Å². The summed E-state index contributed by atoms with van der Waals surface area (Å²) in [5.74, 6) is 1.60. The quantitative estimate of drug-likeness (QED) is 0.365. The molecule has 0 amide bonds. The fourth-order valence-electron chi connectivity index (χ4n) is 2.26. The minimum absolute atomic E-state index is 0.587. The van der Waals surface area contributed by atoms with Crippen LogP contribution in [0.3, 0.4) is 0 Å². The number of nitrogens with zero attached hydrogens (tertiary/aromatic N) is 2. The molecule has 0 saturated heterocycles. The lowest BCUT2D eigenvalue weighted by atomic mass is 10.2. The van der Waals surface area contributed by atoms with Crippen molar-refractivity contribution in [3.8, 4) is 5.75 Å². The normalized spacial score (nSPS) is 13.0. The highest BCUT2D eigenvalue weighted by Gasteiger charge is 2.06. The second-order valence-corrected chi connectivity index (χ2v) is 6.08. The van der Waals surface area contributed by atoms with Crippen molar-refractivity contribution in [3.05, 3.63) is 24.3 Å². The third-order valence-electron chi connectivity index (χ3n) is 4.18. The highest BCUT2D eigenvalue weighted by molar-refractivity contribution is 5.93. The fraction of sp³-hybridized carbons (Fsp3) is 0.632. The van der Waals surface area contributed by atoms with Gasteiger partial charge in [0.05, 0.1) is 6.61 Å². The van der Waals surface area contributed by atoms with Crippen LogP contribution in [0, 0.1) is 0 Å². The van der Waals surface area contributed by atoms with E-state index in [1.165, 1.54) is 0 Å². The smallest absolute Gasteiger partial charge is 0.195 e. The first-order chi connectivity index (χ1) is 12.1. The van der Waals surface area contributed by atoms with Crippen LogP contribution < -0.4 is 15.4 Å². The third kappa shape index (κ3) is 8.74. The predicted octanol–water partition coefficient (Wildman–Crippen LogP) is 2.82. The number of likely N-dealkylation sites (N-methyl/N-ethyl adjacent to an activating group) is 1. The highest BCUT2D eigenvalue weighted by Crippen LogP contribution is 2.17. The maximum Gasteiger partial charge on any atom is 0.195 e. The van der Waals surface area contributed by atoms with Crippen molar-refractivity contribution in [1.29, 1.82) is 0 Å². The van der Waals surface area contributed by atoms with Crippen LogP contribution in [0.5, 0.6) is 5.75 Å². The molecule has 1 rings (SSSR count). The Hall–Kier alpha value is -1.79. The highest BCUT2D eigenvalue weighted by atomic mass is 16.5. The molecule has 2 N–H and O–H groups in total. The zero-order chi connectivity index (χ0) is 18.5. The average molecular weight is 351 g/mol. The summed E-state index contributed by atoms with van der Waals surface area (Å²) in [6.07, 6.45) is 2.03. The number of rotatable bonds is 11. The van der Waals surface area contributed by atoms with Crippen molar-refractivity contribution < 1.29 is 9.47 Å². The van der Waals surface area contributed by atoms with E-state index in [4.69, 9.17) is 9.47 Å². The van der Waals surface area contributed by atoms with E-state index in [1.54, 1.807) is 14.2 Å². The molecule has 1 aromatic carbocycles. The molecule has 0 fully saturated rings. The molecule has 1 aromatic rings. The maximum absolute atomic E-state index is 5.73. The average Bonchev–Trinajstić information content (AvgIpc) is 2.64. The maximum atomic E-state index is 5.73. The van der Waals surface area contributed by atoms with E-state index in [9.17, 15) is 0 Å². The molecule has 0 bridgehead atoms. The van der Waals surface area contributed by atoms with Gasteiger partial charge in [-0.05, 0) is 32.5 Å². The van der Waals surface area contributed by atoms with Gasteiger partial charge in [-0.3, -0.25) is 4.99 Å². The summed E-state index contributed by atoms with van der Waals surface area (Å²) < 4.78 is 10.8. The second kappa shape index (κ2) is 12.6. The summed E-state index contributed by atoms with van der Waals surface area (Å²) in [5, 5.41) is 6.65. The Labute approximate surface area is 152 Å².